The van der Waals surface area contributed by atoms with Gasteiger partial charge in [0.2, 0.25) is 5.91 Å². The van der Waals surface area contributed by atoms with Crippen LogP contribution >= 0.6 is 23.4 Å². The SMILES string of the molecule is COc1ccc(-c2nnc(SCC(=O)Nc3c(C)cc(C)cc3Cl)n2C[C@H]2CCCO2)cc1. The third-order valence-corrected chi connectivity index (χ3v) is 6.77. The fraction of sp³-hybridized carbons (Fsp3) is 0.375. The predicted molar refractivity (Wildman–Crippen MR) is 131 cm³/mol. The number of thioether (sulfide) groups is 1. The van der Waals surface area contributed by atoms with Crippen molar-refractivity contribution in [1.82, 2.24) is 14.8 Å². The third-order valence-electron chi connectivity index (χ3n) is 5.50. The Bertz CT molecular complexity index is 1100. The number of methoxy groups -OCH3 is 1. The van der Waals surface area contributed by atoms with Crippen LogP contribution in [0.1, 0.15) is 24.0 Å². The number of rotatable bonds is 8. The molecular formula is C24H27ClN4O3S. The van der Waals surface area contributed by atoms with Crippen molar-refractivity contribution in [3.05, 3.63) is 52.5 Å². The van der Waals surface area contributed by atoms with E-state index in [1.807, 2.05) is 54.8 Å². The molecule has 0 spiro atoms. The lowest BCUT2D eigenvalue weighted by atomic mass is 10.1. The molecule has 1 atom stereocenters. The Hall–Kier alpha value is -2.55. The molecule has 9 heteroatoms. The Morgan fingerprint density at radius 2 is 2.06 bits per heavy atom. The van der Waals surface area contributed by atoms with Crippen LogP contribution in [0.4, 0.5) is 5.69 Å². The van der Waals surface area contributed by atoms with Crippen molar-refractivity contribution >= 4 is 35.0 Å². The summed E-state index contributed by atoms with van der Waals surface area (Å²) in [4.78, 5) is 12.7. The van der Waals surface area contributed by atoms with Crippen LogP contribution in [0.25, 0.3) is 11.4 Å². The fourth-order valence-corrected chi connectivity index (χ4v) is 5.00. The van der Waals surface area contributed by atoms with Crippen LogP contribution < -0.4 is 10.1 Å². The minimum Gasteiger partial charge on any atom is -0.497 e. The second kappa shape index (κ2) is 10.6. The standard InChI is InChI=1S/C24H27ClN4O3S/c1-15-11-16(2)22(20(25)12-15)26-21(30)14-33-24-28-27-23(17-6-8-18(31-3)9-7-17)29(24)13-19-5-4-10-32-19/h6-9,11-12,19H,4-5,10,13-14H2,1-3H3,(H,26,30)/t19-/m1/s1. The third kappa shape index (κ3) is 5.69. The normalized spacial score (nSPS) is 15.6. The Labute approximate surface area is 202 Å². The van der Waals surface area contributed by atoms with Gasteiger partial charge in [0, 0.05) is 12.2 Å². The van der Waals surface area contributed by atoms with E-state index in [1.54, 1.807) is 7.11 Å². The molecule has 1 aliphatic heterocycles. The van der Waals surface area contributed by atoms with Gasteiger partial charge < -0.3 is 14.8 Å². The highest BCUT2D eigenvalue weighted by atomic mass is 35.5. The maximum absolute atomic E-state index is 12.7. The first-order chi connectivity index (χ1) is 15.9. The Kier molecular flexibility index (Phi) is 7.57. The van der Waals surface area contributed by atoms with Gasteiger partial charge >= 0.3 is 0 Å². The highest BCUT2D eigenvalue weighted by molar-refractivity contribution is 7.99. The van der Waals surface area contributed by atoms with Gasteiger partial charge in [-0.2, -0.15) is 0 Å². The smallest absolute Gasteiger partial charge is 0.234 e. The lowest BCUT2D eigenvalue weighted by molar-refractivity contribution is -0.113. The molecule has 1 N–H and O–H groups in total. The highest BCUT2D eigenvalue weighted by Crippen LogP contribution is 2.30. The van der Waals surface area contributed by atoms with Gasteiger partial charge in [-0.3, -0.25) is 9.36 Å². The summed E-state index contributed by atoms with van der Waals surface area (Å²) in [5.41, 5.74) is 3.56. The number of amides is 1. The summed E-state index contributed by atoms with van der Waals surface area (Å²) in [6, 6.07) is 11.5. The first-order valence-corrected chi connectivity index (χ1v) is 12.2. The van der Waals surface area contributed by atoms with E-state index in [1.165, 1.54) is 11.8 Å². The van der Waals surface area contributed by atoms with Crippen molar-refractivity contribution < 1.29 is 14.3 Å². The number of hydrogen-bond donors (Lipinski definition) is 1. The molecule has 2 aromatic carbocycles. The van der Waals surface area contributed by atoms with Gasteiger partial charge in [-0.05, 0) is 68.1 Å². The van der Waals surface area contributed by atoms with Crippen molar-refractivity contribution in [3.8, 4) is 17.1 Å². The Balaban J connectivity index is 1.51. The maximum Gasteiger partial charge on any atom is 0.234 e. The van der Waals surface area contributed by atoms with Crippen LogP contribution in [0.2, 0.25) is 5.02 Å². The number of ether oxygens (including phenoxy) is 2. The quantitative estimate of drug-likeness (QED) is 0.444. The minimum absolute atomic E-state index is 0.111. The summed E-state index contributed by atoms with van der Waals surface area (Å²) in [7, 11) is 1.64. The average molecular weight is 487 g/mol. The van der Waals surface area contributed by atoms with Crippen molar-refractivity contribution in [2.24, 2.45) is 0 Å². The number of carbonyl (C=O) groups excluding carboxylic acids is 1. The molecule has 4 rings (SSSR count). The molecule has 1 aliphatic rings. The van der Waals surface area contributed by atoms with Gasteiger partial charge in [0.25, 0.3) is 0 Å². The number of carbonyl (C=O) groups is 1. The first-order valence-electron chi connectivity index (χ1n) is 10.8. The van der Waals surface area contributed by atoms with Gasteiger partial charge in [0.1, 0.15) is 5.75 Å². The molecule has 0 radical (unpaired) electrons. The highest BCUT2D eigenvalue weighted by Gasteiger charge is 2.22. The molecule has 0 saturated carbocycles. The number of nitrogens with one attached hydrogen (secondary N) is 1. The van der Waals surface area contributed by atoms with Crippen molar-refractivity contribution in [2.45, 2.75) is 44.5 Å². The van der Waals surface area contributed by atoms with Crippen molar-refractivity contribution in [1.29, 1.82) is 0 Å². The van der Waals surface area contributed by atoms with E-state index in [0.717, 1.165) is 47.7 Å². The van der Waals surface area contributed by atoms with Gasteiger partial charge in [-0.1, -0.05) is 29.4 Å². The minimum atomic E-state index is -0.147. The molecule has 1 fully saturated rings. The van der Waals surface area contributed by atoms with Crippen molar-refractivity contribution in [2.75, 3.05) is 24.8 Å². The van der Waals surface area contributed by atoms with E-state index in [0.29, 0.717) is 22.4 Å². The number of halogens is 1. The van der Waals surface area contributed by atoms with Crippen LogP contribution in [0.3, 0.4) is 0 Å². The zero-order valence-electron chi connectivity index (χ0n) is 18.9. The summed E-state index contributed by atoms with van der Waals surface area (Å²) >= 11 is 7.69. The number of hydrogen-bond acceptors (Lipinski definition) is 6. The molecule has 3 aromatic rings. The Morgan fingerprint density at radius 3 is 2.73 bits per heavy atom. The van der Waals surface area contributed by atoms with Crippen LogP contribution in [0, 0.1) is 13.8 Å². The van der Waals surface area contributed by atoms with Gasteiger partial charge in [-0.15, -0.1) is 10.2 Å². The molecule has 1 amide bonds. The zero-order chi connectivity index (χ0) is 23.4. The van der Waals surface area contributed by atoms with E-state index in [4.69, 9.17) is 21.1 Å². The van der Waals surface area contributed by atoms with Gasteiger partial charge in [-0.25, -0.2) is 0 Å². The number of aromatic nitrogens is 3. The van der Waals surface area contributed by atoms with E-state index in [9.17, 15) is 4.79 Å². The molecule has 174 valence electrons. The molecule has 0 unspecified atom stereocenters. The van der Waals surface area contributed by atoms with Crippen LogP contribution in [0.15, 0.2) is 41.6 Å². The van der Waals surface area contributed by atoms with Crippen LogP contribution in [0.5, 0.6) is 5.75 Å². The Morgan fingerprint density at radius 1 is 1.27 bits per heavy atom. The van der Waals surface area contributed by atoms with E-state index < -0.39 is 0 Å². The van der Waals surface area contributed by atoms with E-state index in [-0.39, 0.29) is 17.8 Å². The summed E-state index contributed by atoms with van der Waals surface area (Å²) in [5, 5.41) is 13.0. The molecule has 0 aliphatic carbocycles. The average Bonchev–Trinajstić information content (AvgIpc) is 3.45. The fourth-order valence-electron chi connectivity index (χ4n) is 3.89. The monoisotopic (exact) mass is 486 g/mol. The summed E-state index contributed by atoms with van der Waals surface area (Å²) in [5.74, 6) is 1.57. The summed E-state index contributed by atoms with van der Waals surface area (Å²) in [6.45, 7) is 5.32. The lowest BCUT2D eigenvalue weighted by Gasteiger charge is -2.15. The molecular weight excluding hydrogens is 460 g/mol. The lowest BCUT2D eigenvalue weighted by Crippen LogP contribution is -2.18. The topological polar surface area (TPSA) is 78.3 Å². The number of aryl methyl sites for hydroxylation is 2. The number of nitrogens with zero attached hydrogens (tertiary/aromatic N) is 3. The molecule has 1 saturated heterocycles. The molecule has 1 aromatic heterocycles. The van der Waals surface area contributed by atoms with Crippen LogP contribution in [-0.4, -0.2) is 46.2 Å². The van der Waals surface area contributed by atoms with Gasteiger partial charge in [0.15, 0.2) is 11.0 Å². The number of benzene rings is 2. The summed E-state index contributed by atoms with van der Waals surface area (Å²) in [6.07, 6.45) is 2.16. The number of anilines is 1. The molecule has 7 nitrogen and oxygen atoms in total. The van der Waals surface area contributed by atoms with E-state index in [2.05, 4.69) is 15.5 Å². The first kappa shape index (κ1) is 23.6. The zero-order valence-corrected chi connectivity index (χ0v) is 20.5. The maximum atomic E-state index is 12.7. The summed E-state index contributed by atoms with van der Waals surface area (Å²) < 4.78 is 13.2. The van der Waals surface area contributed by atoms with Gasteiger partial charge in [0.05, 0.1) is 36.2 Å². The predicted octanol–water partition coefficient (Wildman–Crippen LogP) is 5.13. The molecule has 0 bridgehead atoms. The van der Waals surface area contributed by atoms with Crippen molar-refractivity contribution in [3.63, 3.8) is 0 Å². The second-order valence-electron chi connectivity index (χ2n) is 8.06. The van der Waals surface area contributed by atoms with E-state index >= 15 is 0 Å². The van der Waals surface area contributed by atoms with Crippen LogP contribution in [-0.2, 0) is 16.1 Å². The molecule has 2 heterocycles. The largest absolute Gasteiger partial charge is 0.497 e. The molecule has 33 heavy (non-hydrogen) atoms. The second-order valence-corrected chi connectivity index (χ2v) is 9.41.